The number of piperidine rings is 1. The van der Waals surface area contributed by atoms with Crippen LogP contribution in [0.1, 0.15) is 38.2 Å². The number of aliphatic imine (C=N–C) groups is 1. The first-order chi connectivity index (χ1) is 16.4. The molecule has 3 heterocycles. The van der Waals surface area contributed by atoms with Crippen molar-refractivity contribution in [1.82, 2.24) is 15.2 Å². The summed E-state index contributed by atoms with van der Waals surface area (Å²) in [6, 6.07) is 7.31. The molecule has 1 saturated carbocycles. The number of nitrogens with zero attached hydrogens (tertiary/aromatic N) is 4. The molecule has 0 bridgehead atoms. The second-order valence-electron chi connectivity index (χ2n) is 8.98. The number of ether oxygens (including phenoxy) is 1. The summed E-state index contributed by atoms with van der Waals surface area (Å²) < 4.78 is 45.7. The summed E-state index contributed by atoms with van der Waals surface area (Å²) in [4.78, 5) is 13.1. The lowest BCUT2D eigenvalue weighted by Crippen LogP contribution is -2.44. The molecule has 1 N–H and O–H groups in total. The van der Waals surface area contributed by atoms with E-state index in [2.05, 4.69) is 25.1 Å². The zero-order valence-electron chi connectivity index (χ0n) is 19.0. The monoisotopic (exact) mass is 471 g/mol. The molecule has 3 aliphatic rings. The zero-order chi connectivity index (χ0) is 23.7. The van der Waals surface area contributed by atoms with Gasteiger partial charge in [-0.05, 0) is 56.9 Å². The van der Waals surface area contributed by atoms with E-state index in [0.29, 0.717) is 5.69 Å². The van der Waals surface area contributed by atoms with Crippen LogP contribution in [0.15, 0.2) is 59.6 Å². The number of hydrogen-bond acceptors (Lipinski definition) is 6. The highest BCUT2D eigenvalue weighted by molar-refractivity contribution is 5.78. The molecule has 1 aromatic carbocycles. The van der Waals surface area contributed by atoms with Gasteiger partial charge in [0.25, 0.3) is 0 Å². The molecule has 5 rings (SSSR count). The van der Waals surface area contributed by atoms with Gasteiger partial charge in [0.2, 0.25) is 0 Å². The Morgan fingerprint density at radius 3 is 2.41 bits per heavy atom. The van der Waals surface area contributed by atoms with Crippen molar-refractivity contribution in [2.45, 2.75) is 57.1 Å². The quantitative estimate of drug-likeness (QED) is 0.635. The Morgan fingerprint density at radius 2 is 1.79 bits per heavy atom. The van der Waals surface area contributed by atoms with E-state index in [0.717, 1.165) is 68.0 Å². The molecule has 180 valence electrons. The highest BCUT2D eigenvalue weighted by Gasteiger charge is 2.33. The number of benzene rings is 1. The number of aromatic nitrogens is 1. The zero-order valence-corrected chi connectivity index (χ0v) is 19.0. The molecule has 2 fully saturated rings. The molecule has 2 aliphatic heterocycles. The van der Waals surface area contributed by atoms with E-state index in [9.17, 15) is 13.2 Å². The summed E-state index contributed by atoms with van der Waals surface area (Å²) in [5, 5.41) is 3.24. The molecule has 1 unspecified atom stereocenters. The summed E-state index contributed by atoms with van der Waals surface area (Å²) in [6.07, 6.45) is 6.95. The van der Waals surface area contributed by atoms with Crippen molar-refractivity contribution in [1.29, 1.82) is 0 Å². The third-order valence-corrected chi connectivity index (χ3v) is 6.41. The van der Waals surface area contributed by atoms with E-state index in [1.807, 2.05) is 25.4 Å². The van der Waals surface area contributed by atoms with Crippen LogP contribution < -0.4 is 15.0 Å². The van der Waals surface area contributed by atoms with Crippen LogP contribution in [0.5, 0.6) is 5.75 Å². The van der Waals surface area contributed by atoms with Crippen molar-refractivity contribution in [2.24, 2.45) is 4.99 Å². The van der Waals surface area contributed by atoms with E-state index >= 15 is 0 Å². The van der Waals surface area contributed by atoms with Gasteiger partial charge in [-0.25, -0.2) is 0 Å². The van der Waals surface area contributed by atoms with Crippen molar-refractivity contribution in [3.63, 3.8) is 0 Å². The predicted molar refractivity (Wildman–Crippen MR) is 125 cm³/mol. The van der Waals surface area contributed by atoms with Gasteiger partial charge in [-0.15, -0.1) is 0 Å². The SMILES string of the molecule is CC1N=CC(N2CCC(N(c3ccc(C(F)(F)F)cc3)c3cnccc3OC3CC3)CC2)=CN1. The molecule has 0 spiro atoms. The number of allylic oxidation sites excluding steroid dienone is 1. The first kappa shape index (κ1) is 22.6. The Hall–Kier alpha value is -3.23. The minimum atomic E-state index is -4.37. The van der Waals surface area contributed by atoms with Crippen LogP contribution >= 0.6 is 0 Å². The Bertz CT molecular complexity index is 1060. The van der Waals surface area contributed by atoms with Crippen LogP contribution in [0.3, 0.4) is 0 Å². The lowest BCUT2D eigenvalue weighted by molar-refractivity contribution is -0.137. The summed E-state index contributed by atoms with van der Waals surface area (Å²) in [5.41, 5.74) is 1.89. The van der Waals surface area contributed by atoms with E-state index in [4.69, 9.17) is 4.74 Å². The van der Waals surface area contributed by atoms with Crippen molar-refractivity contribution >= 4 is 17.6 Å². The lowest BCUT2D eigenvalue weighted by atomic mass is 10.0. The van der Waals surface area contributed by atoms with Gasteiger partial charge in [-0.3, -0.25) is 9.98 Å². The fourth-order valence-electron chi connectivity index (χ4n) is 4.41. The van der Waals surface area contributed by atoms with Crippen LogP contribution in [0.4, 0.5) is 24.5 Å². The molecule has 1 aromatic heterocycles. The smallest absolute Gasteiger partial charge is 0.416 e. The number of likely N-dealkylation sites (tertiary alicyclic amines) is 1. The number of hydrogen-bond donors (Lipinski definition) is 1. The van der Waals surface area contributed by atoms with Crippen molar-refractivity contribution in [3.05, 3.63) is 60.2 Å². The van der Waals surface area contributed by atoms with Gasteiger partial charge in [-0.1, -0.05) is 0 Å². The van der Waals surface area contributed by atoms with Crippen LogP contribution in [0.2, 0.25) is 0 Å². The Balaban J connectivity index is 1.42. The maximum absolute atomic E-state index is 13.2. The number of anilines is 2. The first-order valence-corrected chi connectivity index (χ1v) is 11.7. The Kier molecular flexibility index (Phi) is 6.10. The van der Waals surface area contributed by atoms with Gasteiger partial charge in [0, 0.05) is 49.5 Å². The van der Waals surface area contributed by atoms with Gasteiger partial charge in [0.05, 0.1) is 23.6 Å². The van der Waals surface area contributed by atoms with Crippen LogP contribution in [0.25, 0.3) is 0 Å². The first-order valence-electron chi connectivity index (χ1n) is 11.7. The highest BCUT2D eigenvalue weighted by atomic mass is 19.4. The number of rotatable bonds is 6. The summed E-state index contributed by atoms with van der Waals surface area (Å²) in [5.74, 6) is 0.722. The van der Waals surface area contributed by atoms with Gasteiger partial charge >= 0.3 is 6.18 Å². The molecule has 1 aliphatic carbocycles. The second-order valence-corrected chi connectivity index (χ2v) is 8.98. The van der Waals surface area contributed by atoms with E-state index in [1.54, 1.807) is 24.5 Å². The summed E-state index contributed by atoms with van der Waals surface area (Å²) >= 11 is 0. The van der Waals surface area contributed by atoms with E-state index < -0.39 is 11.7 Å². The molecular formula is C25H28F3N5O. The van der Waals surface area contributed by atoms with E-state index in [1.165, 1.54) is 0 Å². The number of pyridine rings is 1. The molecule has 1 atom stereocenters. The third-order valence-electron chi connectivity index (χ3n) is 6.41. The molecule has 0 radical (unpaired) electrons. The molecule has 0 amide bonds. The minimum Gasteiger partial charge on any atom is -0.488 e. The number of nitrogens with one attached hydrogen (secondary N) is 1. The van der Waals surface area contributed by atoms with Crippen LogP contribution in [0, 0.1) is 0 Å². The normalized spacial score (nSPS) is 21.1. The molecule has 34 heavy (non-hydrogen) atoms. The van der Waals surface area contributed by atoms with Gasteiger partial charge < -0.3 is 19.9 Å². The van der Waals surface area contributed by atoms with Crippen molar-refractivity contribution < 1.29 is 17.9 Å². The molecule has 1 saturated heterocycles. The molecule has 9 heteroatoms. The standard InChI is InChI=1S/C25H28F3N5O/c1-17-30-14-21(15-31-17)32-12-9-20(10-13-32)33(19-4-2-18(3-5-19)25(26,27)28)23-16-29-11-8-24(23)34-22-6-7-22/h2-5,8,11,14-17,20,22,30H,6-7,9-10,12-13H2,1H3. The second kappa shape index (κ2) is 9.19. The highest BCUT2D eigenvalue weighted by Crippen LogP contribution is 2.41. The maximum Gasteiger partial charge on any atom is 0.416 e. The van der Waals surface area contributed by atoms with Crippen LogP contribution in [-0.4, -0.2) is 47.5 Å². The maximum atomic E-state index is 13.2. The lowest BCUT2D eigenvalue weighted by Gasteiger charge is -2.41. The average Bonchev–Trinajstić information content (AvgIpc) is 3.65. The number of alkyl halides is 3. The molecule has 6 nitrogen and oxygen atoms in total. The molecular weight excluding hydrogens is 443 g/mol. The largest absolute Gasteiger partial charge is 0.488 e. The molecule has 2 aromatic rings. The predicted octanol–water partition coefficient (Wildman–Crippen LogP) is 5.11. The topological polar surface area (TPSA) is 53.0 Å². The van der Waals surface area contributed by atoms with Crippen molar-refractivity contribution in [2.75, 3.05) is 18.0 Å². The average molecular weight is 472 g/mol. The van der Waals surface area contributed by atoms with Crippen molar-refractivity contribution in [3.8, 4) is 5.75 Å². The van der Waals surface area contributed by atoms with Gasteiger partial charge in [0.1, 0.15) is 17.6 Å². The van der Waals surface area contributed by atoms with E-state index in [-0.39, 0.29) is 18.3 Å². The summed E-state index contributed by atoms with van der Waals surface area (Å²) in [6.45, 7) is 3.62. The Labute approximate surface area is 197 Å². The Morgan fingerprint density at radius 1 is 1.06 bits per heavy atom. The fourth-order valence-corrected chi connectivity index (χ4v) is 4.41. The summed E-state index contributed by atoms with van der Waals surface area (Å²) in [7, 11) is 0. The number of halogens is 3. The fraction of sp³-hybridized carbons (Fsp3) is 0.440. The van der Waals surface area contributed by atoms with Gasteiger partial charge in [0.15, 0.2) is 0 Å². The van der Waals surface area contributed by atoms with Gasteiger partial charge in [-0.2, -0.15) is 13.2 Å². The van der Waals surface area contributed by atoms with Crippen LogP contribution in [-0.2, 0) is 6.18 Å². The minimum absolute atomic E-state index is 0.0759. The third kappa shape index (κ3) is 4.98.